The van der Waals surface area contributed by atoms with Crippen molar-refractivity contribution >= 4 is 60.3 Å². The minimum atomic E-state index is -0.500. The number of amides is 1. The maximum Gasteiger partial charge on any atom is 0.410 e. The van der Waals surface area contributed by atoms with Crippen LogP contribution in [0.1, 0.15) is 64.0 Å². The van der Waals surface area contributed by atoms with Crippen molar-refractivity contribution in [3.05, 3.63) is 68.6 Å². The number of hydrogen-bond donors (Lipinski definition) is 3. The van der Waals surface area contributed by atoms with Crippen molar-refractivity contribution in [2.45, 2.75) is 70.7 Å². The van der Waals surface area contributed by atoms with E-state index in [1.807, 2.05) is 57.2 Å². The summed E-state index contributed by atoms with van der Waals surface area (Å²) in [4.78, 5) is 13.9. The van der Waals surface area contributed by atoms with Gasteiger partial charge in [0.25, 0.3) is 0 Å². The summed E-state index contributed by atoms with van der Waals surface area (Å²) in [5, 5.41) is 23.4. The molecule has 2 heterocycles. The molecule has 2 fully saturated rings. The van der Waals surface area contributed by atoms with Gasteiger partial charge >= 0.3 is 6.09 Å². The summed E-state index contributed by atoms with van der Waals surface area (Å²) >= 11 is 6.81. The Kier molecular flexibility index (Phi) is 16.8. The summed E-state index contributed by atoms with van der Waals surface area (Å²) in [5.74, 6) is 0.177. The summed E-state index contributed by atoms with van der Waals surface area (Å²) in [6.45, 7) is 8.39. The molecular formula is C28H44Br2ClN2O4P. The Morgan fingerprint density at radius 3 is 1.87 bits per heavy atom. The first kappa shape index (κ1) is 37.3. The minimum absolute atomic E-state index is 0. The lowest BCUT2D eigenvalue weighted by atomic mass is 9.88. The Labute approximate surface area is 254 Å². The van der Waals surface area contributed by atoms with Crippen LogP contribution in [-0.2, 0) is 4.74 Å². The minimum Gasteiger partial charge on any atom is -0.444 e. The summed E-state index contributed by atoms with van der Waals surface area (Å²) in [7, 11) is 0. The van der Waals surface area contributed by atoms with Gasteiger partial charge in [-0.1, -0.05) is 63.6 Å². The number of piperidine rings is 2. The van der Waals surface area contributed by atoms with E-state index in [2.05, 4.69) is 49.3 Å². The van der Waals surface area contributed by atoms with Gasteiger partial charge in [0.1, 0.15) is 5.60 Å². The van der Waals surface area contributed by atoms with E-state index in [1.165, 1.54) is 5.56 Å². The van der Waals surface area contributed by atoms with E-state index in [0.29, 0.717) is 19.5 Å². The highest BCUT2D eigenvalue weighted by atomic mass is 79.9. The third kappa shape index (κ3) is 11.4. The van der Waals surface area contributed by atoms with Crippen molar-refractivity contribution in [2.75, 3.05) is 26.2 Å². The van der Waals surface area contributed by atoms with E-state index >= 15 is 0 Å². The maximum absolute atomic E-state index is 12.2. The number of benzene rings is 2. The van der Waals surface area contributed by atoms with Gasteiger partial charge in [-0.3, -0.25) is 0 Å². The molecule has 2 aliphatic heterocycles. The van der Waals surface area contributed by atoms with E-state index in [1.54, 1.807) is 4.90 Å². The molecule has 4 rings (SSSR count). The van der Waals surface area contributed by atoms with Crippen LogP contribution in [0.5, 0.6) is 0 Å². The summed E-state index contributed by atoms with van der Waals surface area (Å²) in [5.41, 5.74) is 1.76. The van der Waals surface area contributed by atoms with E-state index in [0.717, 1.165) is 34.0 Å². The van der Waals surface area contributed by atoms with Gasteiger partial charge in [0.15, 0.2) is 0 Å². The standard InChI is InChI=1S/C16H22BrNO3.C11H14BrNO.CH4.ClH.H3P/c1-16(2,3)21-15(20)18-9-8-14(19)13(10-18)11-4-6-12(17)7-5-11;12-9-3-1-8(2-4-9)10-7-13-6-5-11(10)14;;;/h4-7,13-14,19H,8-10H2,1-3H3;1-4,10-11,13-14H,5-7H2;1H4;1H;1H3/t13-,14+;10-,11+;;;/m11.../s1. The summed E-state index contributed by atoms with van der Waals surface area (Å²) in [6.07, 6.45) is 0.486. The number of carbonyl (C=O) groups is 1. The molecular weight excluding hydrogens is 655 g/mol. The molecule has 216 valence electrons. The number of rotatable bonds is 2. The molecule has 2 aromatic rings. The van der Waals surface area contributed by atoms with Gasteiger partial charge in [-0.2, -0.15) is 9.90 Å². The normalized spacial score (nSPS) is 22.9. The molecule has 0 spiro atoms. The molecule has 1 unspecified atom stereocenters. The average molecular weight is 699 g/mol. The Bertz CT molecular complexity index is 961. The monoisotopic (exact) mass is 696 g/mol. The second-order valence-corrected chi connectivity index (χ2v) is 12.0. The van der Waals surface area contributed by atoms with Crippen molar-refractivity contribution in [1.82, 2.24) is 10.2 Å². The predicted octanol–water partition coefficient (Wildman–Crippen LogP) is 6.54. The molecule has 2 aromatic carbocycles. The van der Waals surface area contributed by atoms with Gasteiger partial charge in [-0.25, -0.2) is 4.79 Å². The predicted molar refractivity (Wildman–Crippen MR) is 171 cm³/mol. The quantitative estimate of drug-likeness (QED) is 0.311. The van der Waals surface area contributed by atoms with Crippen LogP contribution < -0.4 is 5.32 Å². The first-order chi connectivity index (χ1) is 16.5. The van der Waals surface area contributed by atoms with Crippen molar-refractivity contribution < 1.29 is 19.7 Å². The smallest absolute Gasteiger partial charge is 0.410 e. The third-order valence-corrected chi connectivity index (χ3v) is 7.33. The van der Waals surface area contributed by atoms with Crippen LogP contribution >= 0.6 is 54.2 Å². The molecule has 3 N–H and O–H groups in total. The number of nitrogens with one attached hydrogen (secondary N) is 1. The SMILES string of the molecule is C.CC(C)(C)OC(=O)N1CC[C@H](O)[C@@H](c2ccc(Br)cc2)C1.Cl.O[C@H]1CCNC[C@@H]1c1ccc(Br)cc1.P. The Morgan fingerprint density at radius 1 is 0.921 bits per heavy atom. The van der Waals surface area contributed by atoms with Crippen molar-refractivity contribution in [2.24, 2.45) is 0 Å². The van der Waals surface area contributed by atoms with E-state index in [4.69, 9.17) is 4.74 Å². The number of hydrogen-bond acceptors (Lipinski definition) is 5. The van der Waals surface area contributed by atoms with Crippen molar-refractivity contribution in [1.29, 1.82) is 0 Å². The molecule has 0 radical (unpaired) electrons. The van der Waals surface area contributed by atoms with E-state index in [-0.39, 0.29) is 53.8 Å². The lowest BCUT2D eigenvalue weighted by Gasteiger charge is -2.37. The number of ether oxygens (including phenoxy) is 1. The van der Waals surface area contributed by atoms with Gasteiger partial charge in [0, 0.05) is 40.4 Å². The number of aliphatic hydroxyl groups is 2. The molecule has 38 heavy (non-hydrogen) atoms. The summed E-state index contributed by atoms with van der Waals surface area (Å²) < 4.78 is 7.50. The second kappa shape index (κ2) is 17.2. The number of nitrogens with zero attached hydrogens (tertiary/aromatic N) is 1. The van der Waals surface area contributed by atoms with E-state index in [9.17, 15) is 15.0 Å². The fourth-order valence-corrected chi connectivity index (χ4v) is 4.89. The van der Waals surface area contributed by atoms with Gasteiger partial charge in [0.05, 0.1) is 12.2 Å². The molecule has 2 aliphatic rings. The Hall–Kier alpha value is -0.730. The van der Waals surface area contributed by atoms with Gasteiger partial charge < -0.3 is 25.2 Å². The first-order valence-electron chi connectivity index (χ1n) is 12.1. The molecule has 0 bridgehead atoms. The highest BCUT2D eigenvalue weighted by Gasteiger charge is 2.33. The van der Waals surface area contributed by atoms with Crippen LogP contribution in [0.2, 0.25) is 0 Å². The van der Waals surface area contributed by atoms with Crippen LogP contribution in [0.4, 0.5) is 4.79 Å². The third-order valence-electron chi connectivity index (χ3n) is 6.27. The molecule has 0 aromatic heterocycles. The lowest BCUT2D eigenvalue weighted by Crippen LogP contribution is -2.46. The fourth-order valence-electron chi connectivity index (χ4n) is 4.36. The average Bonchev–Trinajstić information content (AvgIpc) is 2.80. The number of halogens is 3. The van der Waals surface area contributed by atoms with Gasteiger partial charge in [0.2, 0.25) is 0 Å². The van der Waals surface area contributed by atoms with E-state index < -0.39 is 11.7 Å². The Balaban J connectivity index is 0.000000710. The van der Waals surface area contributed by atoms with Crippen LogP contribution in [0.15, 0.2) is 57.5 Å². The highest BCUT2D eigenvalue weighted by Crippen LogP contribution is 2.29. The molecule has 2 saturated heterocycles. The highest BCUT2D eigenvalue weighted by molar-refractivity contribution is 9.10. The molecule has 1 amide bonds. The summed E-state index contributed by atoms with van der Waals surface area (Å²) in [6, 6.07) is 16.1. The van der Waals surface area contributed by atoms with Gasteiger partial charge in [-0.05, 0) is 75.5 Å². The molecule has 0 aliphatic carbocycles. The fraction of sp³-hybridized carbons (Fsp3) is 0.536. The number of carbonyl (C=O) groups excluding carboxylic acids is 1. The van der Waals surface area contributed by atoms with Crippen LogP contribution in [0, 0.1) is 0 Å². The first-order valence-corrected chi connectivity index (χ1v) is 13.7. The van der Waals surface area contributed by atoms with Crippen molar-refractivity contribution in [3.8, 4) is 0 Å². The zero-order valence-electron chi connectivity index (χ0n) is 21.7. The van der Waals surface area contributed by atoms with Crippen LogP contribution in [0.25, 0.3) is 0 Å². The molecule has 0 saturated carbocycles. The van der Waals surface area contributed by atoms with Crippen LogP contribution in [-0.4, -0.2) is 65.2 Å². The molecule has 10 heteroatoms. The lowest BCUT2D eigenvalue weighted by molar-refractivity contribution is 0.00407. The molecule has 5 atom stereocenters. The second-order valence-electron chi connectivity index (χ2n) is 10.2. The van der Waals surface area contributed by atoms with Gasteiger partial charge in [-0.15, -0.1) is 12.4 Å². The zero-order chi connectivity index (χ0) is 25.6. The zero-order valence-corrected chi connectivity index (χ0v) is 27.1. The number of aliphatic hydroxyl groups excluding tert-OH is 2. The molecule has 6 nitrogen and oxygen atoms in total. The largest absolute Gasteiger partial charge is 0.444 e. The maximum atomic E-state index is 12.2. The van der Waals surface area contributed by atoms with Crippen molar-refractivity contribution in [3.63, 3.8) is 0 Å². The topological polar surface area (TPSA) is 82.0 Å². The number of likely N-dealkylation sites (tertiary alicyclic amines) is 1. The van der Waals surface area contributed by atoms with Crippen LogP contribution in [0.3, 0.4) is 0 Å². The Morgan fingerprint density at radius 2 is 1.39 bits per heavy atom.